The van der Waals surface area contributed by atoms with Gasteiger partial charge in [-0.15, -0.1) is 11.3 Å². The standard InChI is InChI=1S/C29H24N4O4S/c1-19-25-27(38-26(19)29(36)37-17-20-8-4-2-5-9-20)30-18-33(28(25)35)16-24(34)32-23-14-12-22(13-15-23)31-21-10-6-3-7-11-21/h2-15,18,31H,16-17H2,1H3,(H,32,34). The van der Waals surface area contributed by atoms with E-state index < -0.39 is 5.97 Å². The Labute approximate surface area is 222 Å². The van der Waals surface area contributed by atoms with Gasteiger partial charge in [-0.1, -0.05) is 48.5 Å². The predicted octanol–water partition coefficient (Wildman–Crippen LogP) is 5.51. The van der Waals surface area contributed by atoms with E-state index in [9.17, 15) is 14.4 Å². The quantitative estimate of drug-likeness (QED) is 0.260. The van der Waals surface area contributed by atoms with Crippen molar-refractivity contribution in [2.75, 3.05) is 10.6 Å². The molecule has 190 valence electrons. The molecule has 0 saturated carbocycles. The van der Waals surface area contributed by atoms with Crippen molar-refractivity contribution in [2.24, 2.45) is 0 Å². The highest BCUT2D eigenvalue weighted by molar-refractivity contribution is 7.20. The van der Waals surface area contributed by atoms with Crippen LogP contribution in [0.2, 0.25) is 0 Å². The van der Waals surface area contributed by atoms with Gasteiger partial charge in [0.15, 0.2) is 0 Å². The highest BCUT2D eigenvalue weighted by Gasteiger charge is 2.21. The fourth-order valence-electron chi connectivity index (χ4n) is 3.94. The fraction of sp³-hybridized carbons (Fsp3) is 0.103. The van der Waals surface area contributed by atoms with Crippen molar-refractivity contribution in [1.82, 2.24) is 9.55 Å². The molecule has 0 aliphatic rings. The molecule has 8 nitrogen and oxygen atoms in total. The van der Waals surface area contributed by atoms with Gasteiger partial charge in [0, 0.05) is 17.1 Å². The summed E-state index contributed by atoms with van der Waals surface area (Å²) >= 11 is 1.11. The molecule has 0 fully saturated rings. The Bertz CT molecular complexity index is 1650. The number of aryl methyl sites for hydroxylation is 1. The van der Waals surface area contributed by atoms with Gasteiger partial charge in [-0.25, -0.2) is 9.78 Å². The van der Waals surface area contributed by atoms with E-state index in [4.69, 9.17) is 4.74 Å². The number of amides is 1. The lowest BCUT2D eigenvalue weighted by molar-refractivity contribution is -0.116. The van der Waals surface area contributed by atoms with E-state index in [1.807, 2.05) is 72.8 Å². The molecule has 9 heteroatoms. The minimum absolute atomic E-state index is 0.133. The van der Waals surface area contributed by atoms with Crippen LogP contribution in [-0.2, 0) is 22.7 Å². The second-order valence-electron chi connectivity index (χ2n) is 8.59. The summed E-state index contributed by atoms with van der Waals surface area (Å²) in [7, 11) is 0. The number of fused-ring (bicyclic) bond motifs is 1. The van der Waals surface area contributed by atoms with E-state index in [1.54, 1.807) is 19.1 Å². The molecular weight excluding hydrogens is 500 g/mol. The second kappa shape index (κ2) is 11.1. The minimum atomic E-state index is -0.511. The topological polar surface area (TPSA) is 102 Å². The number of anilines is 3. The Balaban J connectivity index is 1.25. The van der Waals surface area contributed by atoms with Crippen molar-refractivity contribution in [1.29, 1.82) is 0 Å². The molecule has 0 radical (unpaired) electrons. The van der Waals surface area contributed by atoms with Crippen LogP contribution in [0.3, 0.4) is 0 Å². The lowest BCUT2D eigenvalue weighted by atomic mass is 10.2. The molecule has 0 aliphatic carbocycles. The van der Waals surface area contributed by atoms with Crippen LogP contribution in [0.4, 0.5) is 17.1 Å². The SMILES string of the molecule is Cc1c(C(=O)OCc2ccccc2)sc2ncn(CC(=O)Nc3ccc(Nc4ccccc4)cc3)c(=O)c12. The Kier molecular flexibility index (Phi) is 7.28. The third-order valence-electron chi connectivity index (χ3n) is 5.86. The van der Waals surface area contributed by atoms with Crippen LogP contribution in [-0.4, -0.2) is 21.4 Å². The first-order valence-corrected chi connectivity index (χ1v) is 12.7. The van der Waals surface area contributed by atoms with E-state index >= 15 is 0 Å². The molecule has 2 N–H and O–H groups in total. The Morgan fingerprint density at radius 2 is 1.53 bits per heavy atom. The summed E-state index contributed by atoms with van der Waals surface area (Å²) in [6.07, 6.45) is 1.33. The molecule has 5 rings (SSSR count). The number of aromatic nitrogens is 2. The summed E-state index contributed by atoms with van der Waals surface area (Å²) in [6.45, 7) is 1.61. The maximum Gasteiger partial charge on any atom is 0.349 e. The van der Waals surface area contributed by atoms with Crippen LogP contribution in [0, 0.1) is 6.92 Å². The van der Waals surface area contributed by atoms with Gasteiger partial charge in [0.1, 0.15) is 22.9 Å². The van der Waals surface area contributed by atoms with Gasteiger partial charge in [0.05, 0.1) is 11.7 Å². The van der Waals surface area contributed by atoms with E-state index in [0.717, 1.165) is 28.3 Å². The zero-order valence-corrected chi connectivity index (χ0v) is 21.3. The second-order valence-corrected chi connectivity index (χ2v) is 9.59. The number of hydrogen-bond donors (Lipinski definition) is 2. The highest BCUT2D eigenvalue weighted by Crippen LogP contribution is 2.28. The van der Waals surface area contributed by atoms with Crippen LogP contribution in [0.5, 0.6) is 0 Å². The summed E-state index contributed by atoms with van der Waals surface area (Å²) in [6, 6.07) is 26.4. The monoisotopic (exact) mass is 524 g/mol. The van der Waals surface area contributed by atoms with Crippen molar-refractivity contribution in [2.45, 2.75) is 20.1 Å². The molecule has 0 unspecified atom stereocenters. The Hall–Kier alpha value is -4.76. The van der Waals surface area contributed by atoms with E-state index in [-0.39, 0.29) is 24.6 Å². The molecule has 5 aromatic rings. The number of nitrogens with one attached hydrogen (secondary N) is 2. The molecule has 38 heavy (non-hydrogen) atoms. The molecule has 0 bridgehead atoms. The number of carbonyl (C=O) groups excluding carboxylic acids is 2. The molecule has 2 heterocycles. The highest BCUT2D eigenvalue weighted by atomic mass is 32.1. The fourth-order valence-corrected chi connectivity index (χ4v) is 4.97. The number of carbonyl (C=O) groups is 2. The average molecular weight is 525 g/mol. The normalized spacial score (nSPS) is 10.8. The Morgan fingerprint density at radius 3 is 2.24 bits per heavy atom. The number of benzene rings is 3. The Morgan fingerprint density at radius 1 is 0.895 bits per heavy atom. The molecule has 0 spiro atoms. The molecule has 0 aliphatic heterocycles. The number of rotatable bonds is 8. The van der Waals surface area contributed by atoms with Gasteiger partial charge in [-0.05, 0) is 54.4 Å². The molecule has 1 amide bonds. The third-order valence-corrected chi connectivity index (χ3v) is 7.04. The predicted molar refractivity (Wildman–Crippen MR) is 149 cm³/mol. The molecule has 0 saturated heterocycles. The van der Waals surface area contributed by atoms with Gasteiger partial charge < -0.3 is 15.4 Å². The average Bonchev–Trinajstić information content (AvgIpc) is 3.28. The van der Waals surface area contributed by atoms with Gasteiger partial charge in [-0.2, -0.15) is 0 Å². The lowest BCUT2D eigenvalue weighted by Gasteiger charge is -2.09. The van der Waals surface area contributed by atoms with Crippen LogP contribution in [0.1, 0.15) is 20.8 Å². The van der Waals surface area contributed by atoms with Crippen LogP contribution in [0.25, 0.3) is 10.2 Å². The molecule has 2 aromatic heterocycles. The van der Waals surface area contributed by atoms with Crippen molar-refractivity contribution in [3.63, 3.8) is 0 Å². The molecule has 0 atom stereocenters. The maximum atomic E-state index is 13.2. The molecule has 3 aromatic carbocycles. The maximum absolute atomic E-state index is 13.2. The largest absolute Gasteiger partial charge is 0.457 e. The third kappa shape index (κ3) is 5.63. The van der Waals surface area contributed by atoms with Gasteiger partial charge >= 0.3 is 5.97 Å². The van der Waals surface area contributed by atoms with Crippen molar-refractivity contribution in [3.8, 4) is 0 Å². The number of para-hydroxylation sites is 1. The number of ether oxygens (including phenoxy) is 1. The van der Waals surface area contributed by atoms with Gasteiger partial charge in [0.25, 0.3) is 5.56 Å². The van der Waals surface area contributed by atoms with Gasteiger partial charge in [0.2, 0.25) is 5.91 Å². The van der Waals surface area contributed by atoms with Gasteiger partial charge in [-0.3, -0.25) is 14.2 Å². The summed E-state index contributed by atoms with van der Waals surface area (Å²) < 4.78 is 6.67. The van der Waals surface area contributed by atoms with Crippen LogP contribution >= 0.6 is 11.3 Å². The zero-order chi connectivity index (χ0) is 26.5. The number of thiophene rings is 1. The van der Waals surface area contributed by atoms with Crippen LogP contribution in [0.15, 0.2) is 96.1 Å². The number of esters is 1. The zero-order valence-electron chi connectivity index (χ0n) is 20.5. The van der Waals surface area contributed by atoms with E-state index in [0.29, 0.717) is 26.3 Å². The molecular formula is C29H24N4O4S. The van der Waals surface area contributed by atoms with Crippen LogP contribution < -0.4 is 16.2 Å². The lowest BCUT2D eigenvalue weighted by Crippen LogP contribution is -2.27. The van der Waals surface area contributed by atoms with E-state index in [2.05, 4.69) is 15.6 Å². The smallest absolute Gasteiger partial charge is 0.349 e. The number of hydrogen-bond acceptors (Lipinski definition) is 7. The first-order chi connectivity index (χ1) is 18.5. The van der Waals surface area contributed by atoms with E-state index in [1.165, 1.54) is 10.9 Å². The summed E-state index contributed by atoms with van der Waals surface area (Å²) in [5.74, 6) is -0.879. The van der Waals surface area contributed by atoms with Crippen molar-refractivity contribution < 1.29 is 14.3 Å². The van der Waals surface area contributed by atoms with Crippen molar-refractivity contribution in [3.05, 3.63) is 118 Å². The summed E-state index contributed by atoms with van der Waals surface area (Å²) in [4.78, 5) is 43.6. The first-order valence-electron chi connectivity index (χ1n) is 11.9. The minimum Gasteiger partial charge on any atom is -0.457 e. The summed E-state index contributed by atoms with van der Waals surface area (Å²) in [5, 5.41) is 6.40. The van der Waals surface area contributed by atoms with Crippen molar-refractivity contribution >= 4 is 50.5 Å². The first kappa shape index (κ1) is 24.9. The summed E-state index contributed by atoms with van der Waals surface area (Å²) in [5.41, 5.74) is 3.42. The number of nitrogens with zero attached hydrogens (tertiary/aromatic N) is 2.